The summed E-state index contributed by atoms with van der Waals surface area (Å²) in [6, 6.07) is 15.3. The monoisotopic (exact) mass is 820 g/mol. The number of carbonyl (C=O) groups excluding carboxylic acids is 3. The highest BCUT2D eigenvalue weighted by Crippen LogP contribution is 2.43. The molecule has 4 atom stereocenters. The molecule has 4 N–H and O–H groups in total. The van der Waals surface area contributed by atoms with Crippen molar-refractivity contribution in [3.05, 3.63) is 77.1 Å². The van der Waals surface area contributed by atoms with Gasteiger partial charge in [0, 0.05) is 54.7 Å². The SMILES string of the molecule is CCn1c(-c2cc(C3CCNCC3)cnc2[C@H](C)OC)c2c3cc(ccc31)-c1cccc(c1)C[C@H](NC(=O)C(NC)C(C)C)C(=O)N1CCC[C@H](N1)C(=O)OCC(C)(C)C2. The van der Waals surface area contributed by atoms with Crippen LogP contribution in [0.25, 0.3) is 33.3 Å². The van der Waals surface area contributed by atoms with Crippen molar-refractivity contribution in [2.45, 2.75) is 117 Å². The summed E-state index contributed by atoms with van der Waals surface area (Å²) in [6.45, 7) is 15.8. The average molecular weight is 820 g/mol. The van der Waals surface area contributed by atoms with Crippen molar-refractivity contribution in [1.29, 1.82) is 0 Å². The normalized spacial score (nSPS) is 21.4. The molecule has 2 aromatic carbocycles. The summed E-state index contributed by atoms with van der Waals surface area (Å²) in [6.07, 6.45) is 6.02. The molecule has 0 radical (unpaired) electrons. The number of piperidine rings is 1. The standard InChI is InChI=1S/C48H65N7O5/c1-9-54-41-16-15-34-24-36(41)38(44(54)37-25-35(32-17-19-50-20-18-32)27-51-43(37)30(4)59-8)26-48(5,6)28-60-47(58)39-14-11-21-55(53-39)46(57)40(23-31-12-10-13-33(34)22-31)52-45(56)42(49-7)29(2)3/h10,12-13,15-16,22,24-25,27,29-30,32,39-40,42,49-50,53H,9,11,14,17-21,23,26,28H2,1-8H3,(H,52,56)/t30-,39-,40-,42?/m0/s1. The molecule has 0 spiro atoms. The summed E-state index contributed by atoms with van der Waals surface area (Å²) >= 11 is 0. The van der Waals surface area contributed by atoms with Gasteiger partial charge in [-0.15, -0.1) is 0 Å². The number of cyclic esters (lactones) is 1. The second kappa shape index (κ2) is 18.6. The van der Waals surface area contributed by atoms with Crippen molar-refractivity contribution in [2.24, 2.45) is 11.3 Å². The fraction of sp³-hybridized carbons (Fsp3) is 0.542. The molecular formula is C48H65N7O5. The van der Waals surface area contributed by atoms with Crippen LogP contribution in [0.15, 0.2) is 54.7 Å². The lowest BCUT2D eigenvalue weighted by atomic mass is 9.83. The molecule has 6 bridgehead atoms. The lowest BCUT2D eigenvalue weighted by Crippen LogP contribution is -2.61. The van der Waals surface area contributed by atoms with Gasteiger partial charge in [0.05, 0.1) is 30.1 Å². The van der Waals surface area contributed by atoms with E-state index < -0.39 is 29.5 Å². The molecule has 5 heterocycles. The van der Waals surface area contributed by atoms with Crippen LogP contribution in [0, 0.1) is 11.3 Å². The zero-order chi connectivity index (χ0) is 42.7. The minimum atomic E-state index is -0.865. The minimum absolute atomic E-state index is 0.0108. The lowest BCUT2D eigenvalue weighted by Gasteiger charge is -2.36. The Bertz CT molecular complexity index is 2190. The Balaban J connectivity index is 1.40. The van der Waals surface area contributed by atoms with E-state index in [9.17, 15) is 14.4 Å². The van der Waals surface area contributed by atoms with Crippen LogP contribution < -0.4 is 21.4 Å². The molecular weight excluding hydrogens is 755 g/mol. The van der Waals surface area contributed by atoms with E-state index in [1.165, 1.54) is 16.1 Å². The molecule has 3 aliphatic heterocycles. The van der Waals surface area contributed by atoms with Gasteiger partial charge in [-0.05, 0) is 124 Å². The molecule has 12 nitrogen and oxygen atoms in total. The maximum absolute atomic E-state index is 14.3. The number of amides is 2. The molecule has 3 aliphatic rings. The Hall–Kier alpha value is -4.62. The Morgan fingerprint density at radius 2 is 1.82 bits per heavy atom. The number of aromatic nitrogens is 2. The summed E-state index contributed by atoms with van der Waals surface area (Å²) in [4.78, 5) is 47.0. The summed E-state index contributed by atoms with van der Waals surface area (Å²) < 4.78 is 14.6. The highest BCUT2D eigenvalue weighted by molar-refractivity contribution is 5.95. The van der Waals surface area contributed by atoms with Crippen LogP contribution in [-0.2, 0) is 43.2 Å². The van der Waals surface area contributed by atoms with Crippen molar-refractivity contribution in [3.8, 4) is 22.4 Å². The number of carbonyl (C=O) groups is 3. The molecule has 2 saturated heterocycles. The number of hydrogen-bond acceptors (Lipinski definition) is 9. The molecule has 7 rings (SSSR count). The number of nitrogens with zero attached hydrogens (tertiary/aromatic N) is 3. The second-order valence-electron chi connectivity index (χ2n) is 18.1. The van der Waals surface area contributed by atoms with E-state index in [4.69, 9.17) is 14.5 Å². The zero-order valence-electron chi connectivity index (χ0n) is 36.8. The van der Waals surface area contributed by atoms with Crippen molar-refractivity contribution in [2.75, 3.05) is 40.4 Å². The Morgan fingerprint density at radius 1 is 1.05 bits per heavy atom. The molecule has 0 aliphatic carbocycles. The van der Waals surface area contributed by atoms with E-state index in [1.54, 1.807) is 14.2 Å². The predicted octanol–water partition coefficient (Wildman–Crippen LogP) is 6.46. The third-order valence-electron chi connectivity index (χ3n) is 12.8. The van der Waals surface area contributed by atoms with E-state index in [-0.39, 0.29) is 36.9 Å². The van der Waals surface area contributed by atoms with Crippen LogP contribution in [0.4, 0.5) is 0 Å². The number of esters is 1. The van der Waals surface area contributed by atoms with Gasteiger partial charge in [0.1, 0.15) is 12.1 Å². The number of benzene rings is 2. The second-order valence-corrected chi connectivity index (χ2v) is 18.1. The smallest absolute Gasteiger partial charge is 0.324 e. The van der Waals surface area contributed by atoms with Gasteiger partial charge in [-0.1, -0.05) is 58.0 Å². The first-order chi connectivity index (χ1) is 28.8. The first kappa shape index (κ1) is 43.5. The maximum Gasteiger partial charge on any atom is 0.324 e. The molecule has 4 aromatic rings. The van der Waals surface area contributed by atoms with Crippen molar-refractivity contribution in [3.63, 3.8) is 0 Å². The largest absolute Gasteiger partial charge is 0.464 e. The molecule has 60 heavy (non-hydrogen) atoms. The first-order valence-corrected chi connectivity index (χ1v) is 22.0. The number of ether oxygens (including phenoxy) is 2. The summed E-state index contributed by atoms with van der Waals surface area (Å²) in [5.41, 5.74) is 12.4. The third-order valence-corrected chi connectivity index (χ3v) is 12.8. The summed E-state index contributed by atoms with van der Waals surface area (Å²) in [7, 11) is 3.49. The van der Waals surface area contributed by atoms with E-state index in [0.29, 0.717) is 31.7 Å². The molecule has 322 valence electrons. The van der Waals surface area contributed by atoms with Gasteiger partial charge in [0.15, 0.2) is 0 Å². The van der Waals surface area contributed by atoms with Gasteiger partial charge in [-0.25, -0.2) is 5.43 Å². The number of hydrogen-bond donors (Lipinski definition) is 4. The molecule has 0 saturated carbocycles. The molecule has 2 fully saturated rings. The van der Waals surface area contributed by atoms with Crippen LogP contribution in [0.2, 0.25) is 0 Å². The van der Waals surface area contributed by atoms with Gasteiger partial charge >= 0.3 is 5.97 Å². The van der Waals surface area contributed by atoms with Crippen LogP contribution in [0.5, 0.6) is 0 Å². The lowest BCUT2D eigenvalue weighted by molar-refractivity contribution is -0.155. The van der Waals surface area contributed by atoms with Gasteiger partial charge < -0.3 is 30.0 Å². The summed E-state index contributed by atoms with van der Waals surface area (Å²) in [5.74, 6) is -0.489. The predicted molar refractivity (Wildman–Crippen MR) is 236 cm³/mol. The van der Waals surface area contributed by atoms with Crippen LogP contribution in [0.1, 0.15) is 102 Å². The van der Waals surface area contributed by atoms with Gasteiger partial charge in [-0.2, -0.15) is 0 Å². The number of hydrazine groups is 1. The number of aryl methyl sites for hydroxylation is 1. The highest BCUT2D eigenvalue weighted by atomic mass is 16.5. The number of methoxy groups -OCH3 is 1. The number of pyridine rings is 1. The van der Waals surface area contributed by atoms with Crippen molar-refractivity contribution in [1.82, 2.24) is 35.9 Å². The van der Waals surface area contributed by atoms with Crippen LogP contribution >= 0.6 is 0 Å². The molecule has 2 aromatic heterocycles. The van der Waals surface area contributed by atoms with Gasteiger partial charge in [0.2, 0.25) is 5.91 Å². The average Bonchev–Trinajstić information content (AvgIpc) is 3.56. The van der Waals surface area contributed by atoms with Crippen LogP contribution in [0.3, 0.4) is 0 Å². The van der Waals surface area contributed by atoms with Crippen molar-refractivity contribution >= 4 is 28.7 Å². The zero-order valence-corrected chi connectivity index (χ0v) is 36.8. The number of likely N-dealkylation sites (N-methyl/N-ethyl adjacent to an activating group) is 1. The minimum Gasteiger partial charge on any atom is -0.464 e. The number of rotatable bonds is 9. The fourth-order valence-corrected chi connectivity index (χ4v) is 9.46. The Morgan fingerprint density at radius 3 is 2.53 bits per heavy atom. The Kier molecular flexibility index (Phi) is 13.4. The fourth-order valence-electron chi connectivity index (χ4n) is 9.46. The quantitative estimate of drug-likeness (QED) is 0.140. The van der Waals surface area contributed by atoms with E-state index in [0.717, 1.165) is 77.0 Å². The summed E-state index contributed by atoms with van der Waals surface area (Å²) in [5, 5.41) is 12.3. The van der Waals surface area contributed by atoms with E-state index in [2.05, 4.69) is 96.2 Å². The third kappa shape index (κ3) is 9.17. The number of fused-ring (bicyclic) bond motifs is 6. The van der Waals surface area contributed by atoms with E-state index >= 15 is 0 Å². The topological polar surface area (TPSA) is 139 Å². The van der Waals surface area contributed by atoms with Crippen molar-refractivity contribution < 1.29 is 23.9 Å². The Labute approximate surface area is 355 Å². The molecule has 1 unspecified atom stereocenters. The van der Waals surface area contributed by atoms with Crippen LogP contribution in [-0.4, -0.2) is 90.9 Å². The molecule has 2 amide bonds. The highest BCUT2D eigenvalue weighted by Gasteiger charge is 2.36. The van der Waals surface area contributed by atoms with E-state index in [1.807, 2.05) is 26.0 Å². The van der Waals surface area contributed by atoms with Gasteiger partial charge in [0.25, 0.3) is 5.91 Å². The first-order valence-electron chi connectivity index (χ1n) is 22.0. The number of nitrogens with one attached hydrogen (secondary N) is 4. The maximum atomic E-state index is 14.3. The molecule has 12 heteroatoms. The van der Waals surface area contributed by atoms with Gasteiger partial charge in [-0.3, -0.25) is 24.4 Å².